The highest BCUT2D eigenvalue weighted by Gasteiger charge is 2.26. The van der Waals surface area contributed by atoms with Crippen molar-refractivity contribution >= 4 is 11.9 Å². The fraction of sp³-hybridized carbons (Fsp3) is 0.467. The van der Waals surface area contributed by atoms with Crippen molar-refractivity contribution in [3.63, 3.8) is 0 Å². The molecule has 20 heavy (non-hydrogen) atoms. The van der Waals surface area contributed by atoms with Crippen LogP contribution in [0, 0.1) is 13.8 Å². The van der Waals surface area contributed by atoms with Gasteiger partial charge in [-0.1, -0.05) is 6.07 Å². The molecule has 1 aliphatic rings. The lowest BCUT2D eigenvalue weighted by Gasteiger charge is -2.32. The summed E-state index contributed by atoms with van der Waals surface area (Å²) in [6.07, 6.45) is -0.492. The lowest BCUT2D eigenvalue weighted by molar-refractivity contribution is -0.141. The molecule has 1 heterocycles. The molecule has 1 aliphatic heterocycles. The van der Waals surface area contributed by atoms with Gasteiger partial charge in [0, 0.05) is 18.7 Å². The third kappa shape index (κ3) is 3.36. The standard InChI is InChI=1S/C15H19NO4/c1-10-3-4-12(7-11(10)2)15(19)16-5-6-20-13(9-16)8-14(17)18/h3-4,7,13H,5-6,8-9H2,1-2H3,(H,17,18)/t13-/m0/s1. The summed E-state index contributed by atoms with van der Waals surface area (Å²) in [6, 6.07) is 5.61. The van der Waals surface area contributed by atoms with E-state index in [2.05, 4.69) is 0 Å². The Balaban J connectivity index is 2.08. The number of ether oxygens (including phenoxy) is 1. The Labute approximate surface area is 118 Å². The number of rotatable bonds is 3. The highest BCUT2D eigenvalue weighted by Crippen LogP contribution is 2.15. The summed E-state index contributed by atoms with van der Waals surface area (Å²) < 4.78 is 5.37. The molecule has 2 rings (SSSR count). The molecular formula is C15H19NO4. The molecule has 1 aromatic carbocycles. The molecule has 1 amide bonds. The molecule has 1 N–H and O–H groups in total. The zero-order valence-corrected chi connectivity index (χ0v) is 11.8. The van der Waals surface area contributed by atoms with E-state index in [4.69, 9.17) is 9.84 Å². The van der Waals surface area contributed by atoms with Crippen molar-refractivity contribution in [2.75, 3.05) is 19.7 Å². The molecule has 0 saturated carbocycles. The van der Waals surface area contributed by atoms with Crippen molar-refractivity contribution < 1.29 is 19.4 Å². The zero-order valence-electron chi connectivity index (χ0n) is 11.8. The van der Waals surface area contributed by atoms with Gasteiger partial charge in [0.25, 0.3) is 5.91 Å². The Morgan fingerprint density at radius 3 is 2.75 bits per heavy atom. The van der Waals surface area contributed by atoms with Crippen LogP contribution in [-0.4, -0.2) is 47.7 Å². The summed E-state index contributed by atoms with van der Waals surface area (Å²) in [5.74, 6) is -0.970. The number of nitrogens with zero attached hydrogens (tertiary/aromatic N) is 1. The highest BCUT2D eigenvalue weighted by molar-refractivity contribution is 5.94. The van der Waals surface area contributed by atoms with E-state index in [1.807, 2.05) is 32.0 Å². The monoisotopic (exact) mass is 277 g/mol. The van der Waals surface area contributed by atoms with Crippen LogP contribution in [0.1, 0.15) is 27.9 Å². The molecule has 0 bridgehead atoms. The maximum absolute atomic E-state index is 12.4. The second-order valence-electron chi connectivity index (χ2n) is 5.14. The van der Waals surface area contributed by atoms with Gasteiger partial charge < -0.3 is 14.7 Å². The highest BCUT2D eigenvalue weighted by atomic mass is 16.5. The zero-order chi connectivity index (χ0) is 14.7. The molecule has 0 aromatic heterocycles. The van der Waals surface area contributed by atoms with Crippen LogP contribution in [0.15, 0.2) is 18.2 Å². The largest absolute Gasteiger partial charge is 0.481 e. The minimum Gasteiger partial charge on any atom is -0.481 e. The number of hydrogen-bond donors (Lipinski definition) is 1. The quantitative estimate of drug-likeness (QED) is 0.911. The van der Waals surface area contributed by atoms with Crippen molar-refractivity contribution in [3.05, 3.63) is 34.9 Å². The van der Waals surface area contributed by atoms with Gasteiger partial charge in [0.15, 0.2) is 0 Å². The number of morpholine rings is 1. The van der Waals surface area contributed by atoms with Crippen LogP contribution in [0.2, 0.25) is 0 Å². The van der Waals surface area contributed by atoms with E-state index in [0.717, 1.165) is 11.1 Å². The number of aryl methyl sites for hydroxylation is 2. The number of carboxylic acids is 1. The second-order valence-corrected chi connectivity index (χ2v) is 5.14. The molecular weight excluding hydrogens is 258 g/mol. The lowest BCUT2D eigenvalue weighted by atomic mass is 10.0. The second kappa shape index (κ2) is 6.05. The van der Waals surface area contributed by atoms with Gasteiger partial charge in [0.2, 0.25) is 0 Å². The average Bonchev–Trinajstić information content (AvgIpc) is 2.40. The van der Waals surface area contributed by atoms with Gasteiger partial charge in [-0.15, -0.1) is 0 Å². The minimum absolute atomic E-state index is 0.0632. The summed E-state index contributed by atoms with van der Waals surface area (Å²) in [6.45, 7) is 5.19. The van der Waals surface area contributed by atoms with Crippen LogP contribution in [-0.2, 0) is 9.53 Å². The number of carbonyl (C=O) groups is 2. The molecule has 0 unspecified atom stereocenters. The van der Waals surface area contributed by atoms with E-state index >= 15 is 0 Å². The van der Waals surface area contributed by atoms with Gasteiger partial charge in [-0.25, -0.2) is 0 Å². The van der Waals surface area contributed by atoms with Crippen LogP contribution >= 0.6 is 0 Å². The fourth-order valence-electron chi connectivity index (χ4n) is 2.28. The summed E-state index contributed by atoms with van der Waals surface area (Å²) in [4.78, 5) is 24.8. The average molecular weight is 277 g/mol. The Morgan fingerprint density at radius 2 is 2.10 bits per heavy atom. The molecule has 0 aliphatic carbocycles. The fourth-order valence-corrected chi connectivity index (χ4v) is 2.28. The normalized spacial score (nSPS) is 18.9. The first-order valence-electron chi connectivity index (χ1n) is 6.67. The molecule has 1 saturated heterocycles. The smallest absolute Gasteiger partial charge is 0.306 e. The summed E-state index contributed by atoms with van der Waals surface area (Å²) in [5, 5.41) is 8.79. The van der Waals surface area contributed by atoms with E-state index in [0.29, 0.717) is 25.3 Å². The maximum atomic E-state index is 12.4. The molecule has 1 atom stereocenters. The lowest BCUT2D eigenvalue weighted by Crippen LogP contribution is -2.46. The third-order valence-electron chi connectivity index (χ3n) is 3.58. The molecule has 5 nitrogen and oxygen atoms in total. The van der Waals surface area contributed by atoms with E-state index in [1.54, 1.807) is 4.90 Å². The Morgan fingerprint density at radius 1 is 1.35 bits per heavy atom. The SMILES string of the molecule is Cc1ccc(C(=O)N2CCO[C@@H](CC(=O)O)C2)cc1C. The van der Waals surface area contributed by atoms with Crippen molar-refractivity contribution in [2.45, 2.75) is 26.4 Å². The summed E-state index contributed by atoms with van der Waals surface area (Å²) >= 11 is 0. The van der Waals surface area contributed by atoms with Crippen LogP contribution in [0.3, 0.4) is 0 Å². The van der Waals surface area contributed by atoms with Crippen LogP contribution < -0.4 is 0 Å². The van der Waals surface area contributed by atoms with Crippen molar-refractivity contribution in [2.24, 2.45) is 0 Å². The predicted octanol–water partition coefficient (Wildman–Crippen LogP) is 1.62. The van der Waals surface area contributed by atoms with Crippen molar-refractivity contribution in [1.29, 1.82) is 0 Å². The van der Waals surface area contributed by atoms with E-state index in [-0.39, 0.29) is 12.3 Å². The molecule has 0 radical (unpaired) electrons. The van der Waals surface area contributed by atoms with Gasteiger partial charge in [-0.05, 0) is 37.1 Å². The first-order chi connectivity index (χ1) is 9.47. The number of carbonyl (C=O) groups excluding carboxylic acids is 1. The molecule has 0 spiro atoms. The Hall–Kier alpha value is -1.88. The van der Waals surface area contributed by atoms with Crippen LogP contribution in [0.5, 0.6) is 0 Å². The Kier molecular flexibility index (Phi) is 4.39. The molecule has 1 fully saturated rings. The number of hydrogen-bond acceptors (Lipinski definition) is 3. The third-order valence-corrected chi connectivity index (χ3v) is 3.58. The topological polar surface area (TPSA) is 66.8 Å². The summed E-state index contributed by atoms with van der Waals surface area (Å²) in [5.41, 5.74) is 2.86. The first kappa shape index (κ1) is 14.5. The maximum Gasteiger partial charge on any atom is 0.306 e. The number of amides is 1. The number of benzene rings is 1. The molecule has 1 aromatic rings. The van der Waals surface area contributed by atoms with Crippen LogP contribution in [0.25, 0.3) is 0 Å². The van der Waals surface area contributed by atoms with Crippen molar-refractivity contribution in [1.82, 2.24) is 4.90 Å². The van der Waals surface area contributed by atoms with Crippen LogP contribution in [0.4, 0.5) is 0 Å². The number of carboxylic acid groups (broad SMARTS) is 1. The minimum atomic E-state index is -0.907. The van der Waals surface area contributed by atoms with E-state index < -0.39 is 12.1 Å². The van der Waals surface area contributed by atoms with Gasteiger partial charge in [0.05, 0.1) is 19.1 Å². The first-order valence-corrected chi connectivity index (χ1v) is 6.67. The predicted molar refractivity (Wildman–Crippen MR) is 73.8 cm³/mol. The van der Waals surface area contributed by atoms with E-state index in [9.17, 15) is 9.59 Å². The molecule has 5 heteroatoms. The van der Waals surface area contributed by atoms with E-state index in [1.165, 1.54) is 0 Å². The van der Waals surface area contributed by atoms with Crippen molar-refractivity contribution in [3.8, 4) is 0 Å². The summed E-state index contributed by atoms with van der Waals surface area (Å²) in [7, 11) is 0. The molecule has 108 valence electrons. The van der Waals surface area contributed by atoms with Gasteiger partial charge in [-0.3, -0.25) is 9.59 Å². The Bertz CT molecular complexity index is 527. The van der Waals surface area contributed by atoms with Gasteiger partial charge in [-0.2, -0.15) is 0 Å². The van der Waals surface area contributed by atoms with Gasteiger partial charge in [0.1, 0.15) is 0 Å². The van der Waals surface area contributed by atoms with Gasteiger partial charge >= 0.3 is 5.97 Å². The number of aliphatic carboxylic acids is 1.